The minimum Gasteiger partial charge on any atom is -0.310 e. The van der Waals surface area contributed by atoms with Crippen LogP contribution in [0.3, 0.4) is 0 Å². The average molecular weight is 117 g/mol. The maximum atomic E-state index is 6.98. The van der Waals surface area contributed by atoms with Gasteiger partial charge in [0.2, 0.25) is 0 Å². The van der Waals surface area contributed by atoms with Gasteiger partial charge in [0, 0.05) is 11.0 Å². The third-order valence-corrected chi connectivity index (χ3v) is 0.784. The Morgan fingerprint density at radius 3 is 2.29 bits per heavy atom. The minimum atomic E-state index is 0.345. The fourth-order valence-electron chi connectivity index (χ4n) is 0.443. The average Bonchev–Trinajstić information content (AvgIpc) is 1.27. The number of thiol groups is 1. The molecule has 0 radical (unpaired) electrons. The van der Waals surface area contributed by atoms with E-state index in [0.29, 0.717) is 11.0 Å². The fourth-order valence-corrected chi connectivity index (χ4v) is 0.717. The lowest BCUT2D eigenvalue weighted by atomic mass is 10.2. The van der Waals surface area contributed by atoms with Crippen molar-refractivity contribution < 1.29 is 0 Å². The summed E-state index contributed by atoms with van der Waals surface area (Å²) in [5.74, 6) is 0. The van der Waals surface area contributed by atoms with E-state index in [4.69, 9.17) is 5.41 Å². The molecule has 0 saturated heterocycles. The van der Waals surface area contributed by atoms with Crippen LogP contribution in [-0.2, 0) is 0 Å². The first-order valence-electron chi connectivity index (χ1n) is 2.35. The van der Waals surface area contributed by atoms with E-state index in [0.717, 1.165) is 6.42 Å². The third-order valence-electron chi connectivity index (χ3n) is 0.602. The number of nitrogens with one attached hydrogen (secondary N) is 1. The second-order valence-electron chi connectivity index (χ2n) is 1.83. The van der Waals surface area contributed by atoms with Crippen LogP contribution in [0.15, 0.2) is 0 Å². The SMILES string of the molecule is CC(=N)CC(C)S. The maximum absolute atomic E-state index is 6.98. The Morgan fingerprint density at radius 1 is 1.86 bits per heavy atom. The van der Waals surface area contributed by atoms with Crippen molar-refractivity contribution in [3.63, 3.8) is 0 Å². The van der Waals surface area contributed by atoms with Crippen molar-refractivity contribution in [2.45, 2.75) is 25.5 Å². The summed E-state index contributed by atoms with van der Waals surface area (Å²) >= 11 is 4.10. The molecule has 7 heavy (non-hydrogen) atoms. The van der Waals surface area contributed by atoms with E-state index in [1.165, 1.54) is 0 Å². The maximum Gasteiger partial charge on any atom is 0.00690 e. The van der Waals surface area contributed by atoms with Gasteiger partial charge in [-0.25, -0.2) is 0 Å². The van der Waals surface area contributed by atoms with Crippen LogP contribution in [0, 0.1) is 5.41 Å². The summed E-state index contributed by atoms with van der Waals surface area (Å²) in [5, 5.41) is 7.32. The highest BCUT2D eigenvalue weighted by Crippen LogP contribution is 1.98. The Bertz CT molecular complexity index is 68.5. The molecule has 1 N–H and O–H groups in total. The van der Waals surface area contributed by atoms with Gasteiger partial charge in [0.15, 0.2) is 0 Å². The van der Waals surface area contributed by atoms with E-state index in [-0.39, 0.29) is 0 Å². The highest BCUT2D eigenvalue weighted by atomic mass is 32.1. The molecule has 0 amide bonds. The Morgan fingerprint density at radius 2 is 2.29 bits per heavy atom. The summed E-state index contributed by atoms with van der Waals surface area (Å²) in [7, 11) is 0. The molecule has 1 nitrogen and oxygen atoms in total. The molecule has 0 bridgehead atoms. The smallest absolute Gasteiger partial charge is 0.00690 e. The third kappa shape index (κ3) is 6.02. The minimum absolute atomic E-state index is 0.345. The standard InChI is InChI=1S/C5H11NS/c1-4(6)3-5(2)7/h5-7H,3H2,1-2H3. The first kappa shape index (κ1) is 7.02. The highest BCUT2D eigenvalue weighted by Gasteiger charge is 1.92. The second kappa shape index (κ2) is 3.08. The first-order chi connectivity index (χ1) is 3.13. The van der Waals surface area contributed by atoms with Gasteiger partial charge in [-0.2, -0.15) is 12.6 Å². The van der Waals surface area contributed by atoms with Crippen LogP contribution >= 0.6 is 12.6 Å². The van der Waals surface area contributed by atoms with E-state index >= 15 is 0 Å². The van der Waals surface area contributed by atoms with Crippen LogP contribution < -0.4 is 0 Å². The lowest BCUT2D eigenvalue weighted by Gasteiger charge is -1.97. The molecule has 0 aromatic rings. The van der Waals surface area contributed by atoms with Gasteiger partial charge < -0.3 is 5.41 Å². The molecule has 0 aliphatic heterocycles. The van der Waals surface area contributed by atoms with Crippen LogP contribution in [0.1, 0.15) is 20.3 Å². The molecule has 0 aromatic carbocycles. The predicted octanol–water partition coefficient (Wildman–Crippen LogP) is 1.73. The summed E-state index contributed by atoms with van der Waals surface area (Å²) in [5.41, 5.74) is 0.711. The topological polar surface area (TPSA) is 23.9 Å². The summed E-state index contributed by atoms with van der Waals surface area (Å²) in [4.78, 5) is 0. The highest BCUT2D eigenvalue weighted by molar-refractivity contribution is 7.80. The first-order valence-corrected chi connectivity index (χ1v) is 2.86. The molecule has 0 spiro atoms. The Kier molecular flexibility index (Phi) is 3.09. The van der Waals surface area contributed by atoms with Crippen LogP contribution in [0.25, 0.3) is 0 Å². The molecule has 0 fully saturated rings. The molecule has 0 aliphatic carbocycles. The van der Waals surface area contributed by atoms with Crippen molar-refractivity contribution in [1.29, 1.82) is 5.41 Å². The lowest BCUT2D eigenvalue weighted by molar-refractivity contribution is 1.01. The van der Waals surface area contributed by atoms with Gasteiger partial charge in [-0.05, 0) is 13.3 Å². The molecular formula is C5H11NS. The van der Waals surface area contributed by atoms with Crippen LogP contribution in [0.2, 0.25) is 0 Å². The van der Waals surface area contributed by atoms with Crippen molar-refractivity contribution in [2.75, 3.05) is 0 Å². The predicted molar refractivity (Wildman–Crippen MR) is 36.5 cm³/mol. The molecule has 1 unspecified atom stereocenters. The van der Waals surface area contributed by atoms with Crippen molar-refractivity contribution in [2.24, 2.45) is 0 Å². The molecule has 0 aromatic heterocycles. The molecule has 2 heteroatoms. The molecular weight excluding hydrogens is 106 g/mol. The molecule has 0 rings (SSSR count). The van der Waals surface area contributed by atoms with Gasteiger partial charge in [-0.15, -0.1) is 0 Å². The van der Waals surface area contributed by atoms with Gasteiger partial charge in [-0.3, -0.25) is 0 Å². The molecule has 0 heterocycles. The van der Waals surface area contributed by atoms with E-state index in [1.54, 1.807) is 6.92 Å². The monoisotopic (exact) mass is 117 g/mol. The molecule has 1 atom stereocenters. The van der Waals surface area contributed by atoms with Crippen LogP contribution in [0.5, 0.6) is 0 Å². The van der Waals surface area contributed by atoms with Crippen molar-refractivity contribution in [3.05, 3.63) is 0 Å². The normalized spacial score (nSPS) is 13.6. The second-order valence-corrected chi connectivity index (χ2v) is 2.72. The Hall–Kier alpha value is 0.0200. The van der Waals surface area contributed by atoms with E-state index in [9.17, 15) is 0 Å². The fraction of sp³-hybridized carbons (Fsp3) is 0.800. The van der Waals surface area contributed by atoms with Gasteiger partial charge in [0.25, 0.3) is 0 Å². The lowest BCUT2D eigenvalue weighted by Crippen LogP contribution is -1.97. The van der Waals surface area contributed by atoms with Crippen LogP contribution in [0.4, 0.5) is 0 Å². The summed E-state index contributed by atoms with van der Waals surface area (Å²) in [6, 6.07) is 0. The molecule has 0 aliphatic rings. The number of hydrogen-bond donors (Lipinski definition) is 2. The van der Waals surface area contributed by atoms with Crippen molar-refractivity contribution in [1.82, 2.24) is 0 Å². The van der Waals surface area contributed by atoms with Gasteiger partial charge in [-0.1, -0.05) is 6.92 Å². The van der Waals surface area contributed by atoms with Crippen molar-refractivity contribution >= 4 is 18.3 Å². The van der Waals surface area contributed by atoms with Crippen molar-refractivity contribution in [3.8, 4) is 0 Å². The zero-order chi connectivity index (χ0) is 5.86. The van der Waals surface area contributed by atoms with E-state index < -0.39 is 0 Å². The molecule has 0 saturated carbocycles. The van der Waals surface area contributed by atoms with Gasteiger partial charge in [0.05, 0.1) is 0 Å². The Balaban J connectivity index is 3.13. The van der Waals surface area contributed by atoms with Gasteiger partial charge in [0.1, 0.15) is 0 Å². The van der Waals surface area contributed by atoms with Crippen LogP contribution in [-0.4, -0.2) is 11.0 Å². The number of rotatable bonds is 2. The van der Waals surface area contributed by atoms with E-state index in [1.807, 2.05) is 6.92 Å². The zero-order valence-electron chi connectivity index (χ0n) is 4.73. The summed E-state index contributed by atoms with van der Waals surface area (Å²) < 4.78 is 0. The summed E-state index contributed by atoms with van der Waals surface area (Å²) in [6.45, 7) is 3.79. The largest absolute Gasteiger partial charge is 0.310 e. The quantitative estimate of drug-likeness (QED) is 0.406. The van der Waals surface area contributed by atoms with E-state index in [2.05, 4.69) is 12.6 Å². The van der Waals surface area contributed by atoms with Gasteiger partial charge >= 0.3 is 0 Å². The zero-order valence-corrected chi connectivity index (χ0v) is 5.63. The molecule has 42 valence electrons. The number of hydrogen-bond acceptors (Lipinski definition) is 2. The Labute approximate surface area is 50.0 Å². The summed E-state index contributed by atoms with van der Waals surface area (Å²) in [6.07, 6.45) is 0.809.